The van der Waals surface area contributed by atoms with E-state index in [1.807, 2.05) is 6.07 Å². The molecule has 0 radical (unpaired) electrons. The minimum absolute atomic E-state index is 0.0225. The van der Waals surface area contributed by atoms with Gasteiger partial charge in [-0.05, 0) is 25.5 Å². The zero-order valence-electron chi connectivity index (χ0n) is 11.0. The summed E-state index contributed by atoms with van der Waals surface area (Å²) in [5.41, 5.74) is 0.615. The van der Waals surface area contributed by atoms with E-state index < -0.39 is 0 Å². The largest absolute Gasteiger partial charge is 0.368 e. The van der Waals surface area contributed by atoms with Gasteiger partial charge < -0.3 is 10.2 Å². The fraction of sp³-hybridized carbons (Fsp3) is 0.538. The first-order valence-electron chi connectivity index (χ1n) is 5.98. The summed E-state index contributed by atoms with van der Waals surface area (Å²) < 4.78 is 0. The van der Waals surface area contributed by atoms with E-state index >= 15 is 0 Å². The molecule has 94 valence electrons. The Balaban J connectivity index is 2.65. The van der Waals surface area contributed by atoms with E-state index in [1.54, 1.807) is 31.3 Å². The van der Waals surface area contributed by atoms with Gasteiger partial charge in [0, 0.05) is 26.3 Å². The van der Waals surface area contributed by atoms with E-state index in [2.05, 4.69) is 24.1 Å². The number of aromatic nitrogens is 1. The third kappa shape index (κ3) is 4.06. The third-order valence-electron chi connectivity index (χ3n) is 2.53. The number of rotatable bonds is 5. The molecule has 0 saturated heterocycles. The number of nitrogens with one attached hydrogen (secondary N) is 1. The molecule has 1 unspecified atom stereocenters. The number of nitrogens with zero attached hydrogens (tertiary/aromatic N) is 2. The number of amides is 1. The Morgan fingerprint density at radius 1 is 1.47 bits per heavy atom. The summed E-state index contributed by atoms with van der Waals surface area (Å²) in [5, 5.41) is 3.30. The number of carbonyl (C=O) groups is 1. The zero-order chi connectivity index (χ0) is 12.8. The van der Waals surface area contributed by atoms with Gasteiger partial charge in [0.05, 0.1) is 5.56 Å². The van der Waals surface area contributed by atoms with Gasteiger partial charge in [-0.15, -0.1) is 0 Å². The van der Waals surface area contributed by atoms with Gasteiger partial charge in [0.1, 0.15) is 5.82 Å². The predicted molar refractivity (Wildman–Crippen MR) is 70.2 cm³/mol. The molecule has 0 saturated carbocycles. The van der Waals surface area contributed by atoms with Gasteiger partial charge in [0.2, 0.25) is 0 Å². The van der Waals surface area contributed by atoms with Gasteiger partial charge in [-0.1, -0.05) is 13.3 Å². The maximum atomic E-state index is 11.6. The number of pyridine rings is 1. The Hall–Kier alpha value is -1.58. The Labute approximate surface area is 103 Å². The summed E-state index contributed by atoms with van der Waals surface area (Å²) in [6.07, 6.45) is 3.87. The Morgan fingerprint density at radius 3 is 2.65 bits per heavy atom. The monoisotopic (exact) mass is 235 g/mol. The molecule has 0 bridgehead atoms. The first-order valence-corrected chi connectivity index (χ1v) is 5.98. The SMILES string of the molecule is CCCC(C)Nc1ccc(C(=O)N(C)C)cn1. The second kappa shape index (κ2) is 6.23. The summed E-state index contributed by atoms with van der Waals surface area (Å²) in [7, 11) is 3.47. The van der Waals surface area contributed by atoms with E-state index in [-0.39, 0.29) is 5.91 Å². The number of anilines is 1. The topological polar surface area (TPSA) is 45.2 Å². The quantitative estimate of drug-likeness (QED) is 0.852. The van der Waals surface area contributed by atoms with Crippen molar-refractivity contribution < 1.29 is 4.79 Å². The molecule has 1 amide bonds. The van der Waals surface area contributed by atoms with Crippen LogP contribution >= 0.6 is 0 Å². The third-order valence-corrected chi connectivity index (χ3v) is 2.53. The van der Waals surface area contributed by atoms with E-state index in [9.17, 15) is 4.79 Å². The van der Waals surface area contributed by atoms with Gasteiger partial charge >= 0.3 is 0 Å². The lowest BCUT2D eigenvalue weighted by atomic mass is 10.2. The van der Waals surface area contributed by atoms with Crippen molar-refractivity contribution in [2.75, 3.05) is 19.4 Å². The molecule has 1 heterocycles. The fourth-order valence-electron chi connectivity index (χ4n) is 1.62. The van der Waals surface area contributed by atoms with Crippen LogP contribution in [0.2, 0.25) is 0 Å². The van der Waals surface area contributed by atoms with E-state index in [1.165, 1.54) is 0 Å². The van der Waals surface area contributed by atoms with Crippen molar-refractivity contribution in [2.24, 2.45) is 0 Å². The van der Waals surface area contributed by atoms with Crippen molar-refractivity contribution in [3.63, 3.8) is 0 Å². The van der Waals surface area contributed by atoms with Gasteiger partial charge in [-0.25, -0.2) is 4.98 Å². The molecular weight excluding hydrogens is 214 g/mol. The van der Waals surface area contributed by atoms with Crippen LogP contribution in [0.1, 0.15) is 37.0 Å². The molecule has 1 atom stereocenters. The van der Waals surface area contributed by atoms with E-state index in [0.29, 0.717) is 11.6 Å². The van der Waals surface area contributed by atoms with Crippen molar-refractivity contribution >= 4 is 11.7 Å². The van der Waals surface area contributed by atoms with Crippen molar-refractivity contribution in [2.45, 2.75) is 32.7 Å². The molecular formula is C13H21N3O. The second-order valence-corrected chi connectivity index (χ2v) is 4.47. The van der Waals surface area contributed by atoms with Crippen LogP contribution in [0.25, 0.3) is 0 Å². The highest BCUT2D eigenvalue weighted by Crippen LogP contribution is 2.09. The Kier molecular flexibility index (Phi) is 4.94. The molecule has 0 aliphatic carbocycles. The summed E-state index contributed by atoms with van der Waals surface area (Å²) in [4.78, 5) is 17.4. The molecule has 0 spiro atoms. The number of hydrogen-bond acceptors (Lipinski definition) is 3. The average molecular weight is 235 g/mol. The lowest BCUT2D eigenvalue weighted by Crippen LogP contribution is -2.22. The molecule has 0 aliphatic rings. The van der Waals surface area contributed by atoms with Crippen molar-refractivity contribution in [1.82, 2.24) is 9.88 Å². The molecule has 0 aromatic carbocycles. The lowest BCUT2D eigenvalue weighted by molar-refractivity contribution is 0.0827. The lowest BCUT2D eigenvalue weighted by Gasteiger charge is -2.14. The van der Waals surface area contributed by atoms with Crippen LogP contribution in [-0.2, 0) is 0 Å². The van der Waals surface area contributed by atoms with Crippen LogP contribution in [0.15, 0.2) is 18.3 Å². The van der Waals surface area contributed by atoms with Crippen LogP contribution in [0.3, 0.4) is 0 Å². The highest BCUT2D eigenvalue weighted by molar-refractivity contribution is 5.93. The normalized spacial score (nSPS) is 12.0. The summed E-state index contributed by atoms with van der Waals surface area (Å²) >= 11 is 0. The summed E-state index contributed by atoms with van der Waals surface area (Å²) in [6.45, 7) is 4.29. The highest BCUT2D eigenvalue weighted by atomic mass is 16.2. The Bertz CT molecular complexity index is 359. The van der Waals surface area contributed by atoms with Gasteiger partial charge in [0.25, 0.3) is 5.91 Å². The van der Waals surface area contributed by atoms with Crippen molar-refractivity contribution in [3.05, 3.63) is 23.9 Å². The summed E-state index contributed by atoms with van der Waals surface area (Å²) in [5.74, 6) is 0.798. The minimum Gasteiger partial charge on any atom is -0.368 e. The number of carbonyl (C=O) groups excluding carboxylic acids is 1. The molecule has 1 aromatic heterocycles. The molecule has 4 nitrogen and oxygen atoms in total. The van der Waals surface area contributed by atoms with Gasteiger partial charge in [0.15, 0.2) is 0 Å². The smallest absolute Gasteiger partial charge is 0.254 e. The maximum absolute atomic E-state index is 11.6. The van der Waals surface area contributed by atoms with Gasteiger partial charge in [-0.2, -0.15) is 0 Å². The predicted octanol–water partition coefficient (Wildman–Crippen LogP) is 2.38. The Morgan fingerprint density at radius 2 is 2.18 bits per heavy atom. The van der Waals surface area contributed by atoms with E-state index in [4.69, 9.17) is 0 Å². The molecule has 1 N–H and O–H groups in total. The molecule has 0 fully saturated rings. The van der Waals surface area contributed by atoms with Crippen LogP contribution in [0, 0.1) is 0 Å². The van der Waals surface area contributed by atoms with Crippen LogP contribution in [0.4, 0.5) is 5.82 Å². The highest BCUT2D eigenvalue weighted by Gasteiger charge is 2.08. The molecule has 0 aliphatic heterocycles. The standard InChI is InChI=1S/C13H21N3O/c1-5-6-10(2)15-12-8-7-11(9-14-12)13(17)16(3)4/h7-10H,5-6H2,1-4H3,(H,14,15). The fourth-order valence-corrected chi connectivity index (χ4v) is 1.62. The molecule has 4 heteroatoms. The first-order chi connectivity index (χ1) is 8.04. The van der Waals surface area contributed by atoms with Crippen molar-refractivity contribution in [3.8, 4) is 0 Å². The first kappa shape index (κ1) is 13.5. The maximum Gasteiger partial charge on any atom is 0.254 e. The average Bonchev–Trinajstić information content (AvgIpc) is 2.29. The summed E-state index contributed by atoms with van der Waals surface area (Å²) in [6, 6.07) is 4.06. The van der Waals surface area contributed by atoms with Crippen LogP contribution < -0.4 is 5.32 Å². The van der Waals surface area contributed by atoms with Crippen molar-refractivity contribution in [1.29, 1.82) is 0 Å². The van der Waals surface area contributed by atoms with Gasteiger partial charge in [-0.3, -0.25) is 4.79 Å². The number of hydrogen-bond donors (Lipinski definition) is 1. The molecule has 1 rings (SSSR count). The minimum atomic E-state index is -0.0225. The second-order valence-electron chi connectivity index (χ2n) is 4.47. The zero-order valence-corrected chi connectivity index (χ0v) is 11.0. The van der Waals surface area contributed by atoms with Crippen LogP contribution in [-0.4, -0.2) is 35.9 Å². The molecule has 17 heavy (non-hydrogen) atoms. The molecule has 1 aromatic rings. The van der Waals surface area contributed by atoms with Crippen LogP contribution in [0.5, 0.6) is 0 Å². The van der Waals surface area contributed by atoms with E-state index in [0.717, 1.165) is 18.7 Å².